The van der Waals surface area contributed by atoms with Gasteiger partial charge in [0.15, 0.2) is 0 Å². The molecule has 0 saturated heterocycles. The van der Waals surface area contributed by atoms with E-state index in [9.17, 15) is 18.0 Å². The number of hydrogen-bond acceptors (Lipinski definition) is 5. The van der Waals surface area contributed by atoms with Crippen molar-refractivity contribution in [1.82, 2.24) is 5.43 Å². The molecule has 0 radical (unpaired) electrons. The standard InChI is InChI=1S/C30H26Cl2N4O4S/c1-20(23-5-4-8-27(18-23)33-29(37)24-6-3-7-26(32)17-24)34-35-30(38)22-11-15-28(16-12-22)36(41(2,39)40)19-21-9-13-25(31)14-10-21/h3-18H,19H2,1-2H3,(H,33,37)(H,35,38)/b34-20-. The van der Waals surface area contributed by atoms with Gasteiger partial charge in [0.1, 0.15) is 0 Å². The van der Waals surface area contributed by atoms with Crippen LogP contribution < -0.4 is 15.0 Å². The fourth-order valence-corrected chi connectivity index (χ4v) is 5.06. The van der Waals surface area contributed by atoms with Crippen molar-refractivity contribution in [3.8, 4) is 0 Å². The Kier molecular flexibility index (Phi) is 9.44. The van der Waals surface area contributed by atoms with E-state index in [1.54, 1.807) is 91.9 Å². The van der Waals surface area contributed by atoms with Crippen molar-refractivity contribution >= 4 is 62.1 Å². The Balaban J connectivity index is 1.42. The van der Waals surface area contributed by atoms with E-state index >= 15 is 0 Å². The zero-order valence-corrected chi connectivity index (χ0v) is 24.5. The van der Waals surface area contributed by atoms with Gasteiger partial charge in [0.2, 0.25) is 10.0 Å². The Labute approximate surface area is 248 Å². The van der Waals surface area contributed by atoms with Crippen LogP contribution in [-0.4, -0.2) is 32.2 Å². The quantitative estimate of drug-likeness (QED) is 0.170. The molecular weight excluding hydrogens is 583 g/mol. The fraction of sp³-hybridized carbons (Fsp3) is 0.100. The minimum absolute atomic E-state index is 0.115. The topological polar surface area (TPSA) is 108 Å². The molecule has 0 aromatic heterocycles. The molecule has 2 amide bonds. The van der Waals surface area contributed by atoms with Gasteiger partial charge in [0.05, 0.1) is 24.2 Å². The summed E-state index contributed by atoms with van der Waals surface area (Å²) in [7, 11) is -3.59. The van der Waals surface area contributed by atoms with Crippen LogP contribution in [0.1, 0.15) is 38.8 Å². The predicted molar refractivity (Wildman–Crippen MR) is 164 cm³/mol. The number of hydrazone groups is 1. The van der Waals surface area contributed by atoms with Crippen LogP contribution in [0.4, 0.5) is 11.4 Å². The number of benzene rings is 4. The number of carbonyl (C=O) groups excluding carboxylic acids is 2. The second-order valence-corrected chi connectivity index (χ2v) is 11.9. The second kappa shape index (κ2) is 13.0. The van der Waals surface area contributed by atoms with Gasteiger partial charge in [-0.2, -0.15) is 5.10 Å². The van der Waals surface area contributed by atoms with E-state index in [0.717, 1.165) is 11.8 Å². The summed E-state index contributed by atoms with van der Waals surface area (Å²) in [4.78, 5) is 25.3. The van der Waals surface area contributed by atoms with Crippen molar-refractivity contribution in [2.45, 2.75) is 13.5 Å². The number of rotatable bonds is 9. The summed E-state index contributed by atoms with van der Waals surface area (Å²) in [5.74, 6) is -0.775. The molecule has 4 aromatic carbocycles. The Morgan fingerprint density at radius 2 is 1.44 bits per heavy atom. The summed E-state index contributed by atoms with van der Waals surface area (Å²) in [5.41, 5.74) is 6.18. The van der Waals surface area contributed by atoms with E-state index in [-0.39, 0.29) is 12.5 Å². The van der Waals surface area contributed by atoms with Crippen molar-refractivity contribution in [2.24, 2.45) is 5.10 Å². The van der Waals surface area contributed by atoms with Gasteiger partial charge >= 0.3 is 0 Å². The highest BCUT2D eigenvalue weighted by molar-refractivity contribution is 7.92. The van der Waals surface area contributed by atoms with E-state index in [4.69, 9.17) is 23.2 Å². The number of amides is 2. The van der Waals surface area contributed by atoms with Crippen molar-refractivity contribution in [3.05, 3.63) is 129 Å². The molecule has 0 unspecified atom stereocenters. The van der Waals surface area contributed by atoms with E-state index in [0.29, 0.717) is 43.8 Å². The van der Waals surface area contributed by atoms with Gasteiger partial charge in [-0.25, -0.2) is 13.8 Å². The summed E-state index contributed by atoms with van der Waals surface area (Å²) in [6.07, 6.45) is 1.12. The minimum atomic E-state index is -3.59. The van der Waals surface area contributed by atoms with Crippen LogP contribution in [0.25, 0.3) is 0 Å². The molecule has 0 aliphatic heterocycles. The first kappa shape index (κ1) is 29.8. The lowest BCUT2D eigenvalue weighted by Gasteiger charge is -2.22. The van der Waals surface area contributed by atoms with Crippen LogP contribution in [0, 0.1) is 0 Å². The van der Waals surface area contributed by atoms with Crippen molar-refractivity contribution in [3.63, 3.8) is 0 Å². The van der Waals surface area contributed by atoms with E-state index < -0.39 is 15.9 Å². The van der Waals surface area contributed by atoms with Crippen LogP contribution in [0.15, 0.2) is 102 Å². The van der Waals surface area contributed by atoms with Crippen molar-refractivity contribution in [1.29, 1.82) is 0 Å². The molecule has 0 saturated carbocycles. The zero-order valence-electron chi connectivity index (χ0n) is 22.1. The highest BCUT2D eigenvalue weighted by Crippen LogP contribution is 2.22. The molecule has 0 spiro atoms. The maximum atomic E-state index is 12.7. The molecule has 210 valence electrons. The second-order valence-electron chi connectivity index (χ2n) is 9.13. The first-order valence-corrected chi connectivity index (χ1v) is 14.9. The van der Waals surface area contributed by atoms with Crippen molar-refractivity contribution < 1.29 is 18.0 Å². The summed E-state index contributed by atoms with van der Waals surface area (Å²) < 4.78 is 26.2. The maximum Gasteiger partial charge on any atom is 0.271 e. The lowest BCUT2D eigenvalue weighted by atomic mass is 10.1. The number of carbonyl (C=O) groups is 2. The molecular formula is C30H26Cl2N4O4S. The molecule has 0 atom stereocenters. The number of nitrogens with one attached hydrogen (secondary N) is 2. The maximum absolute atomic E-state index is 12.7. The van der Waals surface area contributed by atoms with Crippen LogP contribution in [0.2, 0.25) is 10.0 Å². The van der Waals surface area contributed by atoms with Gasteiger partial charge in [-0.1, -0.05) is 53.5 Å². The number of sulfonamides is 1. The molecule has 4 aromatic rings. The number of anilines is 2. The molecule has 0 heterocycles. The first-order chi connectivity index (χ1) is 19.5. The van der Waals surface area contributed by atoms with E-state index in [1.807, 2.05) is 0 Å². The number of halogens is 2. The molecule has 0 aliphatic carbocycles. The highest BCUT2D eigenvalue weighted by atomic mass is 35.5. The SMILES string of the molecule is C/C(=N/NC(=O)c1ccc(N(Cc2ccc(Cl)cc2)S(C)(=O)=O)cc1)c1cccc(NC(=O)c2cccc(Cl)c2)c1. The number of nitrogens with zero attached hydrogens (tertiary/aromatic N) is 2. The van der Waals surface area contributed by atoms with Gasteiger partial charge < -0.3 is 5.32 Å². The molecule has 4 rings (SSSR count). The predicted octanol–water partition coefficient (Wildman–Crippen LogP) is 6.37. The molecule has 11 heteroatoms. The molecule has 0 bridgehead atoms. The third-order valence-corrected chi connectivity index (χ3v) is 7.64. The first-order valence-electron chi connectivity index (χ1n) is 12.3. The van der Waals surface area contributed by atoms with Gasteiger partial charge in [0, 0.05) is 26.9 Å². The Hall–Kier alpha value is -4.18. The smallest absolute Gasteiger partial charge is 0.271 e. The molecule has 0 aliphatic rings. The van der Waals surface area contributed by atoms with Crippen LogP contribution in [0.3, 0.4) is 0 Å². The average Bonchev–Trinajstić information content (AvgIpc) is 2.95. The summed E-state index contributed by atoms with van der Waals surface area (Å²) in [6, 6.07) is 26.8. The largest absolute Gasteiger partial charge is 0.322 e. The summed E-state index contributed by atoms with van der Waals surface area (Å²) in [6.45, 7) is 1.84. The van der Waals surface area contributed by atoms with Crippen LogP contribution in [-0.2, 0) is 16.6 Å². The Morgan fingerprint density at radius 1 is 0.780 bits per heavy atom. The van der Waals surface area contributed by atoms with Crippen molar-refractivity contribution in [2.75, 3.05) is 15.9 Å². The van der Waals surface area contributed by atoms with Gasteiger partial charge in [-0.15, -0.1) is 0 Å². The van der Waals surface area contributed by atoms with E-state index in [2.05, 4.69) is 15.8 Å². The summed E-state index contributed by atoms with van der Waals surface area (Å²) >= 11 is 11.9. The lowest BCUT2D eigenvalue weighted by molar-refractivity contribution is 0.0954. The average molecular weight is 610 g/mol. The van der Waals surface area contributed by atoms with Crippen LogP contribution >= 0.6 is 23.2 Å². The molecule has 41 heavy (non-hydrogen) atoms. The molecule has 8 nitrogen and oxygen atoms in total. The van der Waals surface area contributed by atoms with E-state index in [1.165, 1.54) is 16.4 Å². The molecule has 2 N–H and O–H groups in total. The third kappa shape index (κ3) is 8.17. The Bertz CT molecular complexity index is 1710. The Morgan fingerprint density at radius 3 is 2.10 bits per heavy atom. The molecule has 0 fully saturated rings. The number of hydrogen-bond donors (Lipinski definition) is 2. The van der Waals surface area contributed by atoms with Crippen LogP contribution in [0.5, 0.6) is 0 Å². The van der Waals surface area contributed by atoms with Gasteiger partial charge in [-0.3, -0.25) is 13.9 Å². The van der Waals surface area contributed by atoms with Gasteiger partial charge in [-0.05, 0) is 84.8 Å². The monoisotopic (exact) mass is 608 g/mol. The highest BCUT2D eigenvalue weighted by Gasteiger charge is 2.18. The van der Waals surface area contributed by atoms with Gasteiger partial charge in [0.25, 0.3) is 11.8 Å². The lowest BCUT2D eigenvalue weighted by Crippen LogP contribution is -2.29. The minimum Gasteiger partial charge on any atom is -0.322 e. The third-order valence-electron chi connectivity index (χ3n) is 6.01. The zero-order chi connectivity index (χ0) is 29.6. The fourth-order valence-electron chi connectivity index (χ4n) is 3.85. The normalized spacial score (nSPS) is 11.6. The summed E-state index contributed by atoms with van der Waals surface area (Å²) in [5, 5.41) is 8.03.